The van der Waals surface area contributed by atoms with Gasteiger partial charge in [-0.3, -0.25) is 9.59 Å². The number of amides is 2. The van der Waals surface area contributed by atoms with Gasteiger partial charge in [-0.25, -0.2) is 0 Å². The maximum atomic E-state index is 13.0. The number of ether oxygens (including phenoxy) is 1. The number of para-hydroxylation sites is 1. The number of hydrogen-bond donors (Lipinski definition) is 1. The van der Waals surface area contributed by atoms with Crippen molar-refractivity contribution >= 4 is 11.8 Å². The number of hydrogen-bond acceptors (Lipinski definition) is 3. The van der Waals surface area contributed by atoms with Gasteiger partial charge in [-0.1, -0.05) is 54.6 Å². The highest BCUT2D eigenvalue weighted by Gasteiger charge is 2.24. The molecule has 1 aliphatic rings. The van der Waals surface area contributed by atoms with E-state index < -0.39 is 5.91 Å². The van der Waals surface area contributed by atoms with Crippen LogP contribution < -0.4 is 10.5 Å². The van der Waals surface area contributed by atoms with Crippen LogP contribution in [0.2, 0.25) is 0 Å². The lowest BCUT2D eigenvalue weighted by Gasteiger charge is -2.32. The fraction of sp³-hybridized carbons (Fsp3) is 0.231. The van der Waals surface area contributed by atoms with E-state index in [9.17, 15) is 9.59 Å². The molecule has 5 heteroatoms. The van der Waals surface area contributed by atoms with Crippen LogP contribution in [0, 0.1) is 0 Å². The molecule has 1 heterocycles. The molecule has 0 aliphatic carbocycles. The third-order valence-corrected chi connectivity index (χ3v) is 5.77. The third kappa shape index (κ3) is 4.94. The standard InChI is InChI=1S/C26H26N2O3/c27-25(29)23-11-4-5-12-24(23)31-18-19-7-6-10-22(17-19)26(30)28-15-13-21(14-16-28)20-8-2-1-3-9-20/h1-12,17,21H,13-16,18H2,(H2,27,29). The van der Waals surface area contributed by atoms with Crippen LogP contribution in [0.1, 0.15) is 50.6 Å². The van der Waals surface area contributed by atoms with Crippen molar-refractivity contribution in [2.24, 2.45) is 5.73 Å². The van der Waals surface area contributed by atoms with Crippen molar-refractivity contribution in [2.45, 2.75) is 25.4 Å². The van der Waals surface area contributed by atoms with E-state index in [1.54, 1.807) is 24.3 Å². The number of carbonyl (C=O) groups is 2. The monoisotopic (exact) mass is 414 g/mol. The zero-order chi connectivity index (χ0) is 21.6. The quantitative estimate of drug-likeness (QED) is 0.650. The fourth-order valence-corrected chi connectivity index (χ4v) is 4.07. The van der Waals surface area contributed by atoms with Gasteiger partial charge < -0.3 is 15.4 Å². The first-order chi connectivity index (χ1) is 15.1. The van der Waals surface area contributed by atoms with Crippen molar-refractivity contribution in [1.29, 1.82) is 0 Å². The highest BCUT2D eigenvalue weighted by atomic mass is 16.5. The van der Waals surface area contributed by atoms with E-state index in [1.165, 1.54) is 5.56 Å². The molecule has 2 N–H and O–H groups in total. The Morgan fingerprint density at radius 2 is 1.61 bits per heavy atom. The van der Waals surface area contributed by atoms with Gasteiger partial charge in [0.1, 0.15) is 12.4 Å². The molecular weight excluding hydrogens is 388 g/mol. The van der Waals surface area contributed by atoms with Gasteiger partial charge in [0, 0.05) is 18.7 Å². The summed E-state index contributed by atoms with van der Waals surface area (Å²) in [5.41, 5.74) is 8.62. The van der Waals surface area contributed by atoms with Crippen molar-refractivity contribution < 1.29 is 14.3 Å². The Morgan fingerprint density at radius 3 is 2.35 bits per heavy atom. The molecule has 3 aromatic carbocycles. The molecule has 0 saturated carbocycles. The van der Waals surface area contributed by atoms with E-state index in [1.807, 2.05) is 35.2 Å². The second kappa shape index (κ2) is 9.47. The van der Waals surface area contributed by atoms with Gasteiger partial charge in [0.2, 0.25) is 0 Å². The van der Waals surface area contributed by atoms with Gasteiger partial charge >= 0.3 is 0 Å². The largest absolute Gasteiger partial charge is 0.488 e. The summed E-state index contributed by atoms with van der Waals surface area (Å²) >= 11 is 0. The average Bonchev–Trinajstić information content (AvgIpc) is 2.83. The lowest BCUT2D eigenvalue weighted by atomic mass is 9.89. The average molecular weight is 415 g/mol. The highest BCUT2D eigenvalue weighted by Crippen LogP contribution is 2.28. The Bertz CT molecular complexity index is 1060. The van der Waals surface area contributed by atoms with Gasteiger partial charge in [-0.05, 0) is 54.2 Å². The molecule has 31 heavy (non-hydrogen) atoms. The second-order valence-electron chi connectivity index (χ2n) is 7.83. The fourth-order valence-electron chi connectivity index (χ4n) is 4.07. The first-order valence-electron chi connectivity index (χ1n) is 10.6. The first-order valence-corrected chi connectivity index (χ1v) is 10.6. The molecule has 0 spiro atoms. The molecule has 158 valence electrons. The summed E-state index contributed by atoms with van der Waals surface area (Å²) in [5, 5.41) is 0. The van der Waals surface area contributed by atoms with Crippen LogP contribution in [0.4, 0.5) is 0 Å². The van der Waals surface area contributed by atoms with Crippen molar-refractivity contribution in [3.8, 4) is 5.75 Å². The Kier molecular flexibility index (Phi) is 6.32. The van der Waals surface area contributed by atoms with Crippen molar-refractivity contribution in [2.75, 3.05) is 13.1 Å². The van der Waals surface area contributed by atoms with Crippen LogP contribution in [-0.4, -0.2) is 29.8 Å². The second-order valence-corrected chi connectivity index (χ2v) is 7.83. The molecule has 4 rings (SSSR count). The molecule has 3 aromatic rings. The van der Waals surface area contributed by atoms with Crippen molar-refractivity contribution in [3.05, 3.63) is 101 Å². The van der Waals surface area contributed by atoms with Gasteiger partial charge in [0.05, 0.1) is 5.56 Å². The molecule has 0 bridgehead atoms. The molecule has 0 aromatic heterocycles. The molecule has 1 saturated heterocycles. The number of likely N-dealkylation sites (tertiary alicyclic amines) is 1. The predicted molar refractivity (Wildman–Crippen MR) is 120 cm³/mol. The number of benzene rings is 3. The predicted octanol–water partition coefficient (Wildman–Crippen LogP) is 4.38. The normalized spacial score (nSPS) is 14.3. The number of carbonyl (C=O) groups excluding carboxylic acids is 2. The highest BCUT2D eigenvalue weighted by molar-refractivity contribution is 5.95. The minimum absolute atomic E-state index is 0.0471. The lowest BCUT2D eigenvalue weighted by molar-refractivity contribution is 0.0712. The van der Waals surface area contributed by atoms with E-state index in [4.69, 9.17) is 10.5 Å². The topological polar surface area (TPSA) is 72.6 Å². The molecule has 0 radical (unpaired) electrons. The summed E-state index contributed by atoms with van der Waals surface area (Å²) in [6.45, 7) is 1.76. The molecule has 2 amide bonds. The Labute approximate surface area is 182 Å². The molecule has 5 nitrogen and oxygen atoms in total. The molecule has 1 fully saturated rings. The van der Waals surface area contributed by atoms with Gasteiger partial charge in [0.25, 0.3) is 11.8 Å². The van der Waals surface area contributed by atoms with Gasteiger partial charge in [-0.15, -0.1) is 0 Å². The number of rotatable bonds is 6. The van der Waals surface area contributed by atoms with Gasteiger partial charge in [0.15, 0.2) is 0 Å². The zero-order valence-corrected chi connectivity index (χ0v) is 17.4. The lowest BCUT2D eigenvalue weighted by Crippen LogP contribution is -2.37. The SMILES string of the molecule is NC(=O)c1ccccc1OCc1cccc(C(=O)N2CCC(c3ccccc3)CC2)c1. The summed E-state index contributed by atoms with van der Waals surface area (Å²) in [4.78, 5) is 26.5. The number of nitrogens with two attached hydrogens (primary N) is 1. The summed E-state index contributed by atoms with van der Waals surface area (Å²) < 4.78 is 5.80. The first kappa shape index (κ1) is 20.7. The number of primary amides is 1. The van der Waals surface area contributed by atoms with Crippen molar-refractivity contribution in [3.63, 3.8) is 0 Å². The van der Waals surface area contributed by atoms with Crippen LogP contribution in [0.15, 0.2) is 78.9 Å². The molecule has 0 atom stereocenters. The van der Waals surface area contributed by atoms with Gasteiger partial charge in [-0.2, -0.15) is 0 Å². The van der Waals surface area contributed by atoms with E-state index in [2.05, 4.69) is 24.3 Å². The van der Waals surface area contributed by atoms with Crippen LogP contribution >= 0.6 is 0 Å². The van der Waals surface area contributed by atoms with Crippen LogP contribution in [0.25, 0.3) is 0 Å². The number of nitrogens with zero attached hydrogens (tertiary/aromatic N) is 1. The summed E-state index contributed by atoms with van der Waals surface area (Å²) in [5.74, 6) is 0.467. The number of piperidine rings is 1. The third-order valence-electron chi connectivity index (χ3n) is 5.77. The minimum atomic E-state index is -0.529. The van der Waals surface area contributed by atoms with Crippen molar-refractivity contribution in [1.82, 2.24) is 4.90 Å². The molecule has 1 aliphatic heterocycles. The Balaban J connectivity index is 1.38. The maximum absolute atomic E-state index is 13.0. The van der Waals surface area contributed by atoms with E-state index in [-0.39, 0.29) is 12.5 Å². The molecular formula is C26H26N2O3. The smallest absolute Gasteiger partial charge is 0.253 e. The summed E-state index contributed by atoms with van der Waals surface area (Å²) in [7, 11) is 0. The van der Waals surface area contributed by atoms with E-state index >= 15 is 0 Å². The molecule has 0 unspecified atom stereocenters. The summed E-state index contributed by atoms with van der Waals surface area (Å²) in [6, 6.07) is 24.9. The van der Waals surface area contributed by atoms with Crippen LogP contribution in [-0.2, 0) is 6.61 Å². The van der Waals surface area contributed by atoms with Crippen LogP contribution in [0.5, 0.6) is 5.75 Å². The van der Waals surface area contributed by atoms with Crippen LogP contribution in [0.3, 0.4) is 0 Å². The van der Waals surface area contributed by atoms with E-state index in [0.717, 1.165) is 31.5 Å². The zero-order valence-electron chi connectivity index (χ0n) is 17.4. The Hall–Kier alpha value is -3.60. The summed E-state index contributed by atoms with van der Waals surface area (Å²) in [6.07, 6.45) is 1.95. The Morgan fingerprint density at radius 1 is 0.903 bits per heavy atom. The maximum Gasteiger partial charge on any atom is 0.253 e. The van der Waals surface area contributed by atoms with E-state index in [0.29, 0.717) is 22.8 Å². The minimum Gasteiger partial charge on any atom is -0.488 e.